The van der Waals surface area contributed by atoms with Crippen LogP contribution in [0.5, 0.6) is 0 Å². The number of halogens is 1. The second-order valence-corrected chi connectivity index (χ2v) is 4.50. The van der Waals surface area contributed by atoms with E-state index in [1.165, 1.54) is 12.3 Å². The second-order valence-electron chi connectivity index (χ2n) is 4.16. The predicted octanol–water partition coefficient (Wildman–Crippen LogP) is 1.44. The van der Waals surface area contributed by atoms with Crippen LogP contribution in [0.3, 0.4) is 0 Å². The van der Waals surface area contributed by atoms with E-state index in [0.717, 1.165) is 0 Å². The molecule has 0 aromatic carbocycles. The molecule has 0 radical (unpaired) electrons. The Morgan fingerprint density at radius 3 is 2.82 bits per heavy atom. The third-order valence-corrected chi connectivity index (χ3v) is 2.65. The number of nitrogens with one attached hydrogen (secondary N) is 1. The van der Waals surface area contributed by atoms with Crippen molar-refractivity contribution in [3.8, 4) is 0 Å². The van der Waals surface area contributed by atoms with E-state index >= 15 is 0 Å². The molecule has 0 aliphatic heterocycles. The Morgan fingerprint density at radius 1 is 1.71 bits per heavy atom. The fraction of sp³-hybridized carbons (Fsp3) is 0.400. The molecular formula is C10H14ClN3O3. The van der Waals surface area contributed by atoms with E-state index in [1.807, 2.05) is 0 Å². The van der Waals surface area contributed by atoms with Crippen LogP contribution in [-0.4, -0.2) is 23.5 Å². The Bertz CT molecular complexity index is 440. The molecule has 0 saturated carbocycles. The van der Waals surface area contributed by atoms with Crippen molar-refractivity contribution in [1.29, 1.82) is 0 Å². The van der Waals surface area contributed by atoms with E-state index in [2.05, 4.69) is 10.5 Å². The third kappa shape index (κ3) is 3.13. The van der Waals surface area contributed by atoms with Gasteiger partial charge in [-0.15, -0.1) is 0 Å². The smallest absolute Gasteiger partial charge is 0.256 e. The average molecular weight is 260 g/mol. The van der Waals surface area contributed by atoms with Crippen molar-refractivity contribution in [2.45, 2.75) is 13.8 Å². The first-order chi connectivity index (χ1) is 7.88. The van der Waals surface area contributed by atoms with Crippen molar-refractivity contribution < 1.29 is 14.4 Å². The van der Waals surface area contributed by atoms with Gasteiger partial charge in [-0.1, -0.05) is 19.0 Å². The monoisotopic (exact) mass is 259 g/mol. The minimum Gasteiger partial charge on any atom is -0.452 e. The number of carbonyl (C=O) groups excluding carboxylic acids is 1. The number of hydrogen-bond donors (Lipinski definition) is 3. The van der Waals surface area contributed by atoms with Crippen LogP contribution < -0.4 is 11.1 Å². The first-order valence-corrected chi connectivity index (χ1v) is 5.25. The first-order valence-electron chi connectivity index (χ1n) is 4.87. The molecule has 1 aromatic rings. The van der Waals surface area contributed by atoms with E-state index in [9.17, 15) is 4.79 Å². The lowest BCUT2D eigenvalue weighted by atomic mass is 9.92. The Hall–Kier alpha value is -1.69. The summed E-state index contributed by atoms with van der Waals surface area (Å²) >= 11 is 5.66. The van der Waals surface area contributed by atoms with Crippen molar-refractivity contribution in [2.75, 3.05) is 6.54 Å². The highest BCUT2D eigenvalue weighted by atomic mass is 35.5. The molecule has 0 spiro atoms. The number of amidine groups is 1. The van der Waals surface area contributed by atoms with Crippen LogP contribution in [0.2, 0.25) is 5.22 Å². The lowest BCUT2D eigenvalue weighted by Gasteiger charge is -2.22. The Morgan fingerprint density at radius 2 is 2.35 bits per heavy atom. The predicted molar refractivity (Wildman–Crippen MR) is 63.2 cm³/mol. The van der Waals surface area contributed by atoms with Crippen molar-refractivity contribution >= 4 is 23.3 Å². The molecule has 1 heterocycles. The molecule has 1 aromatic heterocycles. The summed E-state index contributed by atoms with van der Waals surface area (Å²) in [5, 5.41) is 14.2. The van der Waals surface area contributed by atoms with Gasteiger partial charge < -0.3 is 20.7 Å². The maximum absolute atomic E-state index is 11.7. The van der Waals surface area contributed by atoms with Gasteiger partial charge in [-0.05, 0) is 17.7 Å². The van der Waals surface area contributed by atoms with Crippen molar-refractivity contribution in [1.82, 2.24) is 5.32 Å². The summed E-state index contributed by atoms with van der Waals surface area (Å²) in [5.74, 6) is -0.335. The van der Waals surface area contributed by atoms with E-state index in [0.29, 0.717) is 0 Å². The highest BCUT2D eigenvalue weighted by Crippen LogP contribution is 2.18. The van der Waals surface area contributed by atoms with Gasteiger partial charge in [0.2, 0.25) is 5.22 Å². The maximum Gasteiger partial charge on any atom is 0.256 e. The van der Waals surface area contributed by atoms with Crippen molar-refractivity contribution in [3.05, 3.63) is 23.1 Å². The molecule has 0 unspecified atom stereocenters. The van der Waals surface area contributed by atoms with E-state index in [-0.39, 0.29) is 29.1 Å². The van der Waals surface area contributed by atoms with Crippen LogP contribution in [0, 0.1) is 5.41 Å². The summed E-state index contributed by atoms with van der Waals surface area (Å²) in [6, 6.07) is 1.47. The molecule has 17 heavy (non-hydrogen) atoms. The van der Waals surface area contributed by atoms with Crippen molar-refractivity contribution in [3.63, 3.8) is 0 Å². The topological polar surface area (TPSA) is 101 Å². The molecule has 0 aliphatic carbocycles. The number of nitrogens with zero attached hydrogens (tertiary/aromatic N) is 1. The van der Waals surface area contributed by atoms with Crippen LogP contribution in [0.25, 0.3) is 0 Å². The number of carbonyl (C=O) groups is 1. The Balaban J connectivity index is 2.64. The first kappa shape index (κ1) is 13.4. The van der Waals surface area contributed by atoms with Gasteiger partial charge in [-0.3, -0.25) is 4.79 Å². The normalized spacial score (nSPS) is 12.5. The Kier molecular flexibility index (Phi) is 4.01. The molecule has 6 nitrogen and oxygen atoms in total. The molecule has 0 bridgehead atoms. The fourth-order valence-corrected chi connectivity index (χ4v) is 1.28. The molecule has 1 rings (SSSR count). The zero-order valence-electron chi connectivity index (χ0n) is 9.53. The second kappa shape index (κ2) is 5.09. The summed E-state index contributed by atoms with van der Waals surface area (Å²) in [4.78, 5) is 11.7. The van der Waals surface area contributed by atoms with Gasteiger partial charge in [-0.2, -0.15) is 0 Å². The van der Waals surface area contributed by atoms with Crippen LogP contribution in [0.15, 0.2) is 21.9 Å². The van der Waals surface area contributed by atoms with Crippen LogP contribution in [0.4, 0.5) is 0 Å². The lowest BCUT2D eigenvalue weighted by Crippen LogP contribution is -2.42. The van der Waals surface area contributed by atoms with Gasteiger partial charge in [0.25, 0.3) is 5.91 Å². The van der Waals surface area contributed by atoms with E-state index in [4.69, 9.17) is 27.0 Å². The largest absolute Gasteiger partial charge is 0.452 e. The SMILES string of the molecule is CC(C)(CNC(=O)c1ccoc1Cl)/C(N)=N/O. The quantitative estimate of drug-likeness (QED) is 0.330. The average Bonchev–Trinajstić information content (AvgIpc) is 2.71. The minimum atomic E-state index is -0.652. The molecule has 7 heteroatoms. The highest BCUT2D eigenvalue weighted by molar-refractivity contribution is 6.32. The zero-order valence-corrected chi connectivity index (χ0v) is 10.3. The maximum atomic E-state index is 11.7. The standard InChI is InChI=1S/C10H14ClN3O3/c1-10(2,9(12)14-16)5-13-8(15)6-3-4-17-7(6)11/h3-4,16H,5H2,1-2H3,(H2,12,14)(H,13,15). The van der Waals surface area contributed by atoms with Gasteiger partial charge >= 0.3 is 0 Å². The van der Waals surface area contributed by atoms with E-state index in [1.54, 1.807) is 13.8 Å². The summed E-state index contributed by atoms with van der Waals surface area (Å²) in [7, 11) is 0. The molecule has 4 N–H and O–H groups in total. The fourth-order valence-electron chi connectivity index (χ4n) is 1.08. The van der Waals surface area contributed by atoms with Gasteiger partial charge in [-0.25, -0.2) is 0 Å². The number of furan rings is 1. The summed E-state index contributed by atoms with van der Waals surface area (Å²) < 4.78 is 4.80. The summed E-state index contributed by atoms with van der Waals surface area (Å²) in [6.07, 6.45) is 1.33. The van der Waals surface area contributed by atoms with Gasteiger partial charge in [0.15, 0.2) is 0 Å². The molecule has 0 atom stereocenters. The molecule has 0 aliphatic rings. The van der Waals surface area contributed by atoms with Gasteiger partial charge in [0.05, 0.1) is 11.8 Å². The summed E-state index contributed by atoms with van der Waals surface area (Å²) in [5.41, 5.74) is 5.09. The minimum absolute atomic E-state index is 0.0316. The third-order valence-electron chi connectivity index (χ3n) is 2.35. The molecule has 1 amide bonds. The van der Waals surface area contributed by atoms with Gasteiger partial charge in [0.1, 0.15) is 5.84 Å². The highest BCUT2D eigenvalue weighted by Gasteiger charge is 2.25. The summed E-state index contributed by atoms with van der Waals surface area (Å²) in [6.45, 7) is 3.68. The lowest BCUT2D eigenvalue weighted by molar-refractivity contribution is 0.0944. The molecule has 94 valence electrons. The Labute approximate surface area is 103 Å². The van der Waals surface area contributed by atoms with Gasteiger partial charge in [0, 0.05) is 12.0 Å². The van der Waals surface area contributed by atoms with Crippen LogP contribution in [-0.2, 0) is 0 Å². The van der Waals surface area contributed by atoms with Crippen molar-refractivity contribution in [2.24, 2.45) is 16.3 Å². The van der Waals surface area contributed by atoms with Crippen LogP contribution in [0.1, 0.15) is 24.2 Å². The molecule has 0 saturated heterocycles. The number of rotatable bonds is 4. The molecular weight excluding hydrogens is 246 g/mol. The number of oxime groups is 1. The number of hydrogen-bond acceptors (Lipinski definition) is 4. The zero-order chi connectivity index (χ0) is 13.1. The number of amides is 1. The number of nitrogens with two attached hydrogens (primary N) is 1. The van der Waals surface area contributed by atoms with Crippen LogP contribution >= 0.6 is 11.6 Å². The molecule has 0 fully saturated rings. The van der Waals surface area contributed by atoms with E-state index < -0.39 is 5.41 Å².